The largest absolute Gasteiger partial charge is 0.194 e. The maximum Gasteiger partial charge on any atom is 0.194 e. The van der Waals surface area contributed by atoms with Crippen LogP contribution in [0.2, 0.25) is 5.02 Å². The van der Waals surface area contributed by atoms with Crippen molar-refractivity contribution < 1.29 is 0 Å². The van der Waals surface area contributed by atoms with E-state index in [9.17, 15) is 0 Å². The molecule has 1 radical (unpaired) electrons. The first-order valence-electron chi connectivity index (χ1n) is 3.21. The third-order valence-corrected chi connectivity index (χ3v) is 2.03. The van der Waals surface area contributed by atoms with Gasteiger partial charge in [-0.1, -0.05) is 64.6 Å². The Kier molecular flexibility index (Phi) is 3.54. The molecule has 1 aromatic carbocycles. The van der Waals surface area contributed by atoms with E-state index in [1.54, 1.807) is 18.2 Å². The minimum absolute atomic E-state index is 0.299. The van der Waals surface area contributed by atoms with E-state index in [-0.39, 0.29) is 0 Å². The molecule has 0 saturated carbocycles. The van der Waals surface area contributed by atoms with E-state index in [4.69, 9.17) is 46.4 Å². The standard InChI is InChI=1S/C8H5Cl4/c9-7-4-2-1-3-6(7)5-8(10,11)12/h1-3H,5H2. The van der Waals surface area contributed by atoms with E-state index in [0.717, 1.165) is 5.56 Å². The minimum Gasteiger partial charge on any atom is -0.0834 e. The lowest BCUT2D eigenvalue weighted by Crippen LogP contribution is -2.06. The Balaban J connectivity index is 2.83. The number of rotatable bonds is 1. The van der Waals surface area contributed by atoms with Crippen molar-refractivity contribution in [3.05, 3.63) is 34.9 Å². The van der Waals surface area contributed by atoms with E-state index in [2.05, 4.69) is 6.07 Å². The molecule has 0 heterocycles. The molecule has 0 saturated heterocycles. The van der Waals surface area contributed by atoms with Crippen molar-refractivity contribution in [1.29, 1.82) is 0 Å². The normalized spacial score (nSPS) is 11.7. The Morgan fingerprint density at radius 1 is 1.33 bits per heavy atom. The zero-order valence-corrected chi connectivity index (χ0v) is 8.97. The molecule has 0 nitrogen and oxygen atoms in total. The summed E-state index contributed by atoms with van der Waals surface area (Å²) in [5.41, 5.74) is 0.791. The van der Waals surface area contributed by atoms with Crippen LogP contribution in [0.1, 0.15) is 5.56 Å². The predicted molar refractivity (Wildman–Crippen MR) is 54.3 cm³/mol. The van der Waals surface area contributed by atoms with Gasteiger partial charge in [0.25, 0.3) is 0 Å². The summed E-state index contributed by atoms with van der Waals surface area (Å²) in [5, 5.41) is 0.504. The number of hydrogen-bond acceptors (Lipinski definition) is 0. The summed E-state index contributed by atoms with van der Waals surface area (Å²) in [7, 11) is 0. The van der Waals surface area contributed by atoms with Crippen LogP contribution < -0.4 is 0 Å². The molecule has 65 valence electrons. The molecule has 12 heavy (non-hydrogen) atoms. The summed E-state index contributed by atoms with van der Waals surface area (Å²) in [6.07, 6.45) is 0.299. The second-order valence-electron chi connectivity index (χ2n) is 2.30. The minimum atomic E-state index is -1.29. The SMILES string of the molecule is Clc1[c]cccc1CC(Cl)(Cl)Cl. The zero-order chi connectivity index (χ0) is 9.19. The maximum absolute atomic E-state index is 5.80. The summed E-state index contributed by atoms with van der Waals surface area (Å²) in [5.74, 6) is 0. The Morgan fingerprint density at radius 3 is 2.50 bits per heavy atom. The third kappa shape index (κ3) is 3.40. The van der Waals surface area contributed by atoms with Crippen molar-refractivity contribution in [3.8, 4) is 0 Å². The summed E-state index contributed by atoms with van der Waals surface area (Å²) in [6.45, 7) is 0. The molecule has 0 aliphatic rings. The van der Waals surface area contributed by atoms with Crippen LogP contribution in [0.15, 0.2) is 18.2 Å². The van der Waals surface area contributed by atoms with Crippen molar-refractivity contribution >= 4 is 46.4 Å². The highest BCUT2D eigenvalue weighted by Crippen LogP contribution is 2.32. The lowest BCUT2D eigenvalue weighted by Gasteiger charge is -2.10. The van der Waals surface area contributed by atoms with Gasteiger partial charge < -0.3 is 0 Å². The fourth-order valence-electron chi connectivity index (χ4n) is 0.804. The van der Waals surface area contributed by atoms with Crippen molar-refractivity contribution in [2.24, 2.45) is 0 Å². The number of hydrogen-bond donors (Lipinski definition) is 0. The van der Waals surface area contributed by atoms with Gasteiger partial charge in [0.15, 0.2) is 3.79 Å². The molecule has 0 fully saturated rings. The van der Waals surface area contributed by atoms with Gasteiger partial charge in [0, 0.05) is 12.5 Å². The van der Waals surface area contributed by atoms with Gasteiger partial charge in [-0.2, -0.15) is 0 Å². The highest BCUT2D eigenvalue weighted by Gasteiger charge is 2.21. The molecule has 0 aliphatic heterocycles. The number of alkyl halides is 3. The molecule has 1 aromatic rings. The molecule has 0 aromatic heterocycles. The number of benzene rings is 1. The fourth-order valence-corrected chi connectivity index (χ4v) is 1.43. The molecular formula is C8H5Cl4. The molecule has 0 amide bonds. The highest BCUT2D eigenvalue weighted by molar-refractivity contribution is 6.67. The first-order chi connectivity index (χ1) is 5.49. The first kappa shape index (κ1) is 10.5. The van der Waals surface area contributed by atoms with Gasteiger partial charge in [0.05, 0.1) is 5.02 Å². The van der Waals surface area contributed by atoms with Gasteiger partial charge in [-0.15, -0.1) is 0 Å². The quantitative estimate of drug-likeness (QED) is 0.652. The smallest absolute Gasteiger partial charge is 0.0834 e. The van der Waals surface area contributed by atoms with Gasteiger partial charge in [-0.3, -0.25) is 0 Å². The fraction of sp³-hybridized carbons (Fsp3) is 0.250. The molecule has 0 spiro atoms. The van der Waals surface area contributed by atoms with Crippen molar-refractivity contribution in [1.82, 2.24) is 0 Å². The van der Waals surface area contributed by atoms with Crippen molar-refractivity contribution in [2.45, 2.75) is 10.2 Å². The van der Waals surface area contributed by atoms with Crippen LogP contribution in [0.4, 0.5) is 0 Å². The monoisotopic (exact) mass is 241 g/mol. The lowest BCUT2D eigenvalue weighted by atomic mass is 10.2. The maximum atomic E-state index is 5.80. The average Bonchev–Trinajstić information content (AvgIpc) is 1.91. The second-order valence-corrected chi connectivity index (χ2v) is 5.20. The third-order valence-electron chi connectivity index (χ3n) is 1.28. The Labute approximate surface area is 91.4 Å². The molecule has 0 atom stereocenters. The van der Waals surface area contributed by atoms with E-state index in [1.807, 2.05) is 0 Å². The zero-order valence-electron chi connectivity index (χ0n) is 5.95. The van der Waals surface area contributed by atoms with Crippen molar-refractivity contribution in [2.75, 3.05) is 0 Å². The van der Waals surface area contributed by atoms with Crippen LogP contribution in [-0.4, -0.2) is 3.79 Å². The Morgan fingerprint density at radius 2 is 2.00 bits per heavy atom. The lowest BCUT2D eigenvalue weighted by molar-refractivity contribution is 1.02. The van der Waals surface area contributed by atoms with Crippen LogP contribution in [-0.2, 0) is 6.42 Å². The van der Waals surface area contributed by atoms with E-state index < -0.39 is 3.79 Å². The van der Waals surface area contributed by atoms with E-state index in [0.29, 0.717) is 11.4 Å². The predicted octanol–water partition coefficient (Wildman–Crippen LogP) is 4.05. The molecule has 1 rings (SSSR count). The molecule has 0 aliphatic carbocycles. The average molecular weight is 243 g/mol. The molecule has 0 bridgehead atoms. The van der Waals surface area contributed by atoms with Crippen molar-refractivity contribution in [3.63, 3.8) is 0 Å². The van der Waals surface area contributed by atoms with Crippen LogP contribution in [0, 0.1) is 6.07 Å². The molecule has 4 heteroatoms. The molecule has 0 N–H and O–H groups in total. The summed E-state index contributed by atoms with van der Waals surface area (Å²) >= 11 is 22.6. The van der Waals surface area contributed by atoms with Crippen LogP contribution in [0.25, 0.3) is 0 Å². The molecule has 0 unspecified atom stereocenters. The van der Waals surface area contributed by atoms with Gasteiger partial charge in [0.2, 0.25) is 0 Å². The number of halogens is 4. The van der Waals surface area contributed by atoms with Crippen LogP contribution in [0.3, 0.4) is 0 Å². The Bertz CT molecular complexity index is 264. The summed E-state index contributed by atoms with van der Waals surface area (Å²) in [4.78, 5) is 0. The van der Waals surface area contributed by atoms with Gasteiger partial charge in [-0.25, -0.2) is 0 Å². The van der Waals surface area contributed by atoms with Crippen LogP contribution in [0.5, 0.6) is 0 Å². The van der Waals surface area contributed by atoms with E-state index >= 15 is 0 Å². The second kappa shape index (κ2) is 4.06. The molecular weight excluding hydrogens is 238 g/mol. The van der Waals surface area contributed by atoms with E-state index in [1.165, 1.54) is 0 Å². The van der Waals surface area contributed by atoms with Gasteiger partial charge in [-0.05, 0) is 5.56 Å². The van der Waals surface area contributed by atoms with Crippen LogP contribution >= 0.6 is 46.4 Å². The first-order valence-corrected chi connectivity index (χ1v) is 4.72. The topological polar surface area (TPSA) is 0 Å². The summed E-state index contributed by atoms with van der Waals surface area (Å²) < 4.78 is -1.29. The van der Waals surface area contributed by atoms with Gasteiger partial charge >= 0.3 is 0 Å². The summed E-state index contributed by atoms with van der Waals surface area (Å²) in [6, 6.07) is 8.13. The Hall–Kier alpha value is 0.380. The van der Waals surface area contributed by atoms with Gasteiger partial charge in [0.1, 0.15) is 0 Å². The highest BCUT2D eigenvalue weighted by atomic mass is 35.6.